The van der Waals surface area contributed by atoms with Gasteiger partial charge in [-0.25, -0.2) is 0 Å². The van der Waals surface area contributed by atoms with Crippen LogP contribution in [-0.4, -0.2) is 10.9 Å². The molecule has 22 heavy (non-hydrogen) atoms. The third-order valence-electron chi connectivity index (χ3n) is 2.79. The van der Waals surface area contributed by atoms with Gasteiger partial charge in [-0.05, 0) is 39.7 Å². The maximum atomic E-state index is 12.0. The summed E-state index contributed by atoms with van der Waals surface area (Å²) in [5, 5.41) is 14.7. The van der Waals surface area contributed by atoms with Crippen LogP contribution in [0.5, 0.6) is 0 Å². The van der Waals surface area contributed by atoms with E-state index >= 15 is 0 Å². The van der Waals surface area contributed by atoms with Gasteiger partial charge in [0.05, 0.1) is 5.69 Å². The topological polar surface area (TPSA) is 77.8 Å². The molecule has 1 heterocycles. The van der Waals surface area contributed by atoms with Crippen LogP contribution in [0.2, 0.25) is 0 Å². The Morgan fingerprint density at radius 1 is 1.32 bits per heavy atom. The molecule has 0 radical (unpaired) electrons. The van der Waals surface area contributed by atoms with E-state index in [0.29, 0.717) is 6.54 Å². The van der Waals surface area contributed by atoms with E-state index in [1.807, 2.05) is 36.4 Å². The normalized spacial score (nSPS) is 10.6. The van der Waals surface area contributed by atoms with Gasteiger partial charge in [0.1, 0.15) is 11.6 Å². The first-order valence-corrected chi connectivity index (χ1v) is 7.28. The average molecular weight is 357 g/mol. The molecule has 1 aromatic carbocycles. The third-order valence-corrected chi connectivity index (χ3v) is 3.48. The quantitative estimate of drug-likeness (QED) is 0.637. The lowest BCUT2D eigenvalue weighted by Crippen LogP contribution is -2.24. The zero-order chi connectivity index (χ0) is 15.8. The van der Waals surface area contributed by atoms with Gasteiger partial charge in [-0.3, -0.25) is 9.78 Å². The number of aromatic nitrogens is 1. The SMILES string of the molecule is N#C/C(=C/Nc1ccccc1Br)C(=O)NCc1cccnc1. The van der Waals surface area contributed by atoms with Crippen LogP contribution in [0, 0.1) is 11.3 Å². The van der Waals surface area contributed by atoms with Crippen LogP contribution < -0.4 is 10.6 Å². The zero-order valence-electron chi connectivity index (χ0n) is 11.6. The van der Waals surface area contributed by atoms with Crippen LogP contribution in [-0.2, 0) is 11.3 Å². The van der Waals surface area contributed by atoms with E-state index in [1.54, 1.807) is 18.5 Å². The standard InChI is InChI=1S/C16H13BrN4O/c17-14-5-1-2-6-15(14)20-11-13(8-18)16(22)21-10-12-4-3-7-19-9-12/h1-7,9,11,20H,10H2,(H,21,22)/b13-11-. The lowest BCUT2D eigenvalue weighted by Gasteiger charge is -2.06. The van der Waals surface area contributed by atoms with Crippen LogP contribution in [0.15, 0.2) is 65.0 Å². The first-order chi connectivity index (χ1) is 10.7. The van der Waals surface area contributed by atoms with E-state index in [-0.39, 0.29) is 5.57 Å². The van der Waals surface area contributed by atoms with Crippen molar-refractivity contribution in [2.45, 2.75) is 6.54 Å². The molecule has 2 N–H and O–H groups in total. The summed E-state index contributed by atoms with van der Waals surface area (Å²) < 4.78 is 0.847. The minimum absolute atomic E-state index is 0.000330. The van der Waals surface area contributed by atoms with Crippen molar-refractivity contribution < 1.29 is 4.79 Å². The van der Waals surface area contributed by atoms with Gasteiger partial charge >= 0.3 is 0 Å². The molecule has 0 spiro atoms. The van der Waals surface area contributed by atoms with Crippen LogP contribution in [0.3, 0.4) is 0 Å². The van der Waals surface area contributed by atoms with E-state index in [4.69, 9.17) is 5.26 Å². The molecule has 0 aliphatic carbocycles. The Bertz CT molecular complexity index is 722. The van der Waals surface area contributed by atoms with Gasteiger partial charge in [-0.2, -0.15) is 5.26 Å². The zero-order valence-corrected chi connectivity index (χ0v) is 13.2. The molecule has 0 aliphatic heterocycles. The minimum atomic E-state index is -0.439. The van der Waals surface area contributed by atoms with Gasteiger partial charge in [0.15, 0.2) is 0 Å². The number of hydrogen-bond acceptors (Lipinski definition) is 4. The van der Waals surface area contributed by atoms with Gasteiger partial charge in [0.2, 0.25) is 0 Å². The Kier molecular flexibility index (Phi) is 5.69. The van der Waals surface area contributed by atoms with E-state index in [9.17, 15) is 4.79 Å². The molecule has 1 amide bonds. The van der Waals surface area contributed by atoms with Crippen LogP contribution in [0.25, 0.3) is 0 Å². The van der Waals surface area contributed by atoms with Crippen molar-refractivity contribution in [1.29, 1.82) is 5.26 Å². The van der Waals surface area contributed by atoms with Crippen molar-refractivity contribution in [3.05, 3.63) is 70.6 Å². The Morgan fingerprint density at radius 3 is 2.82 bits per heavy atom. The second kappa shape index (κ2) is 7.96. The summed E-state index contributed by atoms with van der Waals surface area (Å²) in [4.78, 5) is 15.9. The molecule has 2 rings (SSSR count). The number of benzene rings is 1. The van der Waals surface area contributed by atoms with Crippen molar-refractivity contribution in [2.24, 2.45) is 0 Å². The third kappa shape index (κ3) is 4.43. The number of pyridine rings is 1. The molecular weight excluding hydrogens is 344 g/mol. The number of hydrogen-bond donors (Lipinski definition) is 2. The summed E-state index contributed by atoms with van der Waals surface area (Å²) in [7, 11) is 0. The predicted octanol–water partition coefficient (Wildman–Crippen LogP) is 2.98. The highest BCUT2D eigenvalue weighted by molar-refractivity contribution is 9.10. The molecule has 0 fully saturated rings. The monoisotopic (exact) mass is 356 g/mol. The first kappa shape index (κ1) is 15.7. The largest absolute Gasteiger partial charge is 0.359 e. The molecule has 2 aromatic rings. The predicted molar refractivity (Wildman–Crippen MR) is 87.5 cm³/mol. The molecule has 0 unspecified atom stereocenters. The fourth-order valence-electron chi connectivity index (χ4n) is 1.66. The Labute approximate surface area is 136 Å². The number of rotatable bonds is 5. The molecule has 0 saturated carbocycles. The summed E-state index contributed by atoms with van der Waals surface area (Å²) in [6.45, 7) is 0.320. The summed E-state index contributed by atoms with van der Waals surface area (Å²) in [6, 6.07) is 13.0. The smallest absolute Gasteiger partial charge is 0.263 e. The van der Waals surface area contributed by atoms with Crippen molar-refractivity contribution in [2.75, 3.05) is 5.32 Å². The molecule has 0 bridgehead atoms. The Morgan fingerprint density at radius 2 is 2.14 bits per heavy atom. The molecule has 110 valence electrons. The summed E-state index contributed by atoms with van der Waals surface area (Å²) in [5.74, 6) is -0.439. The number of halogens is 1. The number of para-hydroxylation sites is 1. The van der Waals surface area contributed by atoms with Gasteiger partial charge in [0.25, 0.3) is 5.91 Å². The molecule has 0 saturated heterocycles. The van der Waals surface area contributed by atoms with Crippen molar-refractivity contribution >= 4 is 27.5 Å². The van der Waals surface area contributed by atoms with E-state index < -0.39 is 5.91 Å². The fourth-order valence-corrected chi connectivity index (χ4v) is 2.06. The molecule has 0 atom stereocenters. The summed E-state index contributed by atoms with van der Waals surface area (Å²) in [6.07, 6.45) is 4.71. The van der Waals surface area contributed by atoms with Gasteiger partial charge in [0, 0.05) is 29.6 Å². The lowest BCUT2D eigenvalue weighted by atomic mass is 10.2. The van der Waals surface area contributed by atoms with E-state index in [1.165, 1.54) is 6.20 Å². The van der Waals surface area contributed by atoms with Gasteiger partial charge in [-0.1, -0.05) is 18.2 Å². The molecule has 0 aliphatic rings. The molecular formula is C16H13BrN4O. The van der Waals surface area contributed by atoms with Crippen molar-refractivity contribution in [3.63, 3.8) is 0 Å². The number of carbonyl (C=O) groups excluding carboxylic acids is 1. The Hall–Kier alpha value is -2.65. The van der Waals surface area contributed by atoms with Crippen LogP contribution >= 0.6 is 15.9 Å². The number of carbonyl (C=O) groups is 1. The van der Waals surface area contributed by atoms with Crippen molar-refractivity contribution in [3.8, 4) is 6.07 Å². The Balaban J connectivity index is 1.99. The number of amides is 1. The lowest BCUT2D eigenvalue weighted by molar-refractivity contribution is -0.117. The van der Waals surface area contributed by atoms with E-state index in [2.05, 4.69) is 31.5 Å². The van der Waals surface area contributed by atoms with Crippen LogP contribution in [0.4, 0.5) is 5.69 Å². The average Bonchev–Trinajstić information content (AvgIpc) is 2.56. The van der Waals surface area contributed by atoms with Gasteiger partial charge in [-0.15, -0.1) is 0 Å². The second-order valence-electron chi connectivity index (χ2n) is 4.34. The van der Waals surface area contributed by atoms with Crippen LogP contribution in [0.1, 0.15) is 5.56 Å². The number of nitriles is 1. The number of nitrogens with zero attached hydrogens (tertiary/aromatic N) is 2. The maximum absolute atomic E-state index is 12.0. The summed E-state index contributed by atoms with van der Waals surface area (Å²) >= 11 is 3.38. The minimum Gasteiger partial charge on any atom is -0.359 e. The first-order valence-electron chi connectivity index (χ1n) is 6.49. The van der Waals surface area contributed by atoms with Crippen molar-refractivity contribution in [1.82, 2.24) is 10.3 Å². The second-order valence-corrected chi connectivity index (χ2v) is 5.19. The molecule has 6 heteroatoms. The van der Waals surface area contributed by atoms with Gasteiger partial charge < -0.3 is 10.6 Å². The number of anilines is 1. The highest BCUT2D eigenvalue weighted by Crippen LogP contribution is 2.21. The molecule has 5 nitrogen and oxygen atoms in total. The maximum Gasteiger partial charge on any atom is 0.263 e. The van der Waals surface area contributed by atoms with E-state index in [0.717, 1.165) is 15.7 Å². The molecule has 1 aromatic heterocycles. The fraction of sp³-hybridized carbons (Fsp3) is 0.0625. The highest BCUT2D eigenvalue weighted by Gasteiger charge is 2.08. The number of nitrogens with one attached hydrogen (secondary N) is 2. The summed E-state index contributed by atoms with van der Waals surface area (Å²) in [5.41, 5.74) is 1.64. The highest BCUT2D eigenvalue weighted by atomic mass is 79.9.